The second kappa shape index (κ2) is 7.98. The summed E-state index contributed by atoms with van der Waals surface area (Å²) in [5, 5.41) is 4.81. The molecule has 0 spiro atoms. The Kier molecular flexibility index (Phi) is 5.79. The number of aryl methyl sites for hydroxylation is 3. The lowest BCUT2D eigenvalue weighted by Crippen LogP contribution is -2.13. The van der Waals surface area contributed by atoms with Crippen LogP contribution in [0.2, 0.25) is 0 Å². The molecular weight excluding hydrogens is 356 g/mol. The Balaban J connectivity index is 2.07. The average molecular weight is 391 g/mol. The van der Waals surface area contributed by atoms with Crippen molar-refractivity contribution in [3.05, 3.63) is 65.4 Å². The Morgan fingerprint density at radius 2 is 1.76 bits per heavy atom. The molecule has 3 nitrogen and oxygen atoms in total. The molecule has 3 aromatic rings. The van der Waals surface area contributed by atoms with Crippen LogP contribution in [0.3, 0.4) is 0 Å². The van der Waals surface area contributed by atoms with Crippen LogP contribution in [0.1, 0.15) is 57.0 Å². The number of methoxy groups -OCH3 is 1. The van der Waals surface area contributed by atoms with Gasteiger partial charge in [0.25, 0.3) is 0 Å². The molecule has 0 radical (unpaired) electrons. The third kappa shape index (κ3) is 3.91. The number of hydrogen-bond acceptors (Lipinski definition) is 2. The van der Waals surface area contributed by atoms with Crippen molar-refractivity contribution < 1.29 is 4.74 Å². The summed E-state index contributed by atoms with van der Waals surface area (Å²) in [6.45, 7) is 15.4. The van der Waals surface area contributed by atoms with Gasteiger partial charge in [0.1, 0.15) is 5.75 Å². The highest BCUT2D eigenvalue weighted by Crippen LogP contribution is 2.37. The third-order valence-corrected chi connectivity index (χ3v) is 5.73. The van der Waals surface area contributed by atoms with E-state index in [4.69, 9.17) is 4.74 Å². The molecule has 154 valence electrons. The summed E-state index contributed by atoms with van der Waals surface area (Å²) in [4.78, 5) is 0. The maximum Gasteiger partial charge on any atom is 0.145 e. The van der Waals surface area contributed by atoms with Gasteiger partial charge in [0, 0.05) is 12.4 Å². The van der Waals surface area contributed by atoms with Crippen LogP contribution in [-0.2, 0) is 25.3 Å². The van der Waals surface area contributed by atoms with E-state index in [1.54, 1.807) is 7.11 Å². The topological polar surface area (TPSA) is 26.2 Å². The number of para-hydroxylation sites is 1. The zero-order valence-electron chi connectivity index (χ0n) is 18.9. The van der Waals surface area contributed by atoms with Crippen LogP contribution in [0.4, 0.5) is 5.69 Å². The van der Waals surface area contributed by atoms with Gasteiger partial charge in [-0.15, -0.1) is 0 Å². The van der Waals surface area contributed by atoms with E-state index in [2.05, 4.69) is 94.5 Å². The molecule has 3 heteroatoms. The maximum absolute atomic E-state index is 5.79. The summed E-state index contributed by atoms with van der Waals surface area (Å²) >= 11 is 0. The molecule has 0 aliphatic rings. The minimum Gasteiger partial charge on any atom is -0.494 e. The Bertz CT molecular complexity index is 1050. The monoisotopic (exact) mass is 390 g/mol. The zero-order chi connectivity index (χ0) is 21.3. The molecule has 0 bridgehead atoms. The van der Waals surface area contributed by atoms with E-state index < -0.39 is 0 Å². The van der Waals surface area contributed by atoms with Crippen molar-refractivity contribution in [2.45, 2.75) is 52.9 Å². The van der Waals surface area contributed by atoms with Gasteiger partial charge < -0.3 is 14.6 Å². The SMILES string of the molecule is C=C(Nc1cc(C(C)(C)C)cc(CC)c1OC)c1cc2cccc(CC)c2n1C. The van der Waals surface area contributed by atoms with E-state index in [9.17, 15) is 0 Å². The normalized spacial score (nSPS) is 11.7. The average Bonchev–Trinajstić information content (AvgIpc) is 3.03. The first-order valence-corrected chi connectivity index (χ1v) is 10.5. The molecule has 29 heavy (non-hydrogen) atoms. The number of rotatable bonds is 6. The van der Waals surface area contributed by atoms with Crippen LogP contribution in [0.25, 0.3) is 16.6 Å². The molecule has 0 amide bonds. The second-order valence-electron chi connectivity index (χ2n) is 8.72. The number of benzene rings is 2. The van der Waals surface area contributed by atoms with Gasteiger partial charge in [0.15, 0.2) is 0 Å². The molecule has 0 saturated heterocycles. The fourth-order valence-corrected chi connectivity index (χ4v) is 4.02. The van der Waals surface area contributed by atoms with Gasteiger partial charge in [0.2, 0.25) is 0 Å². The molecule has 0 unspecified atom stereocenters. The predicted octanol–water partition coefficient (Wildman–Crippen LogP) is 6.69. The van der Waals surface area contributed by atoms with Gasteiger partial charge in [-0.25, -0.2) is 0 Å². The lowest BCUT2D eigenvalue weighted by Gasteiger charge is -2.24. The first kappa shape index (κ1) is 21.0. The number of nitrogens with one attached hydrogen (secondary N) is 1. The first-order chi connectivity index (χ1) is 13.7. The highest BCUT2D eigenvalue weighted by molar-refractivity contribution is 5.90. The van der Waals surface area contributed by atoms with Crippen LogP contribution in [0.5, 0.6) is 5.75 Å². The Morgan fingerprint density at radius 3 is 2.34 bits per heavy atom. The molecule has 1 aromatic heterocycles. The van der Waals surface area contributed by atoms with E-state index in [-0.39, 0.29) is 5.41 Å². The minimum atomic E-state index is 0.0592. The highest BCUT2D eigenvalue weighted by atomic mass is 16.5. The lowest BCUT2D eigenvalue weighted by atomic mass is 9.85. The molecule has 0 aliphatic heterocycles. The van der Waals surface area contributed by atoms with E-state index >= 15 is 0 Å². The summed E-state index contributed by atoms with van der Waals surface area (Å²) in [5.74, 6) is 0.898. The summed E-state index contributed by atoms with van der Waals surface area (Å²) in [7, 11) is 3.85. The van der Waals surface area contributed by atoms with E-state index in [0.717, 1.165) is 35.7 Å². The smallest absolute Gasteiger partial charge is 0.145 e. The molecule has 1 N–H and O–H groups in total. The van der Waals surface area contributed by atoms with Crippen molar-refractivity contribution >= 4 is 22.3 Å². The molecule has 0 aliphatic carbocycles. The number of aromatic nitrogens is 1. The fraction of sp³-hybridized carbons (Fsp3) is 0.385. The minimum absolute atomic E-state index is 0.0592. The maximum atomic E-state index is 5.79. The van der Waals surface area contributed by atoms with Crippen molar-refractivity contribution in [2.75, 3.05) is 12.4 Å². The molecule has 0 saturated carbocycles. The predicted molar refractivity (Wildman–Crippen MR) is 126 cm³/mol. The third-order valence-electron chi connectivity index (χ3n) is 5.73. The van der Waals surface area contributed by atoms with Crippen molar-refractivity contribution in [1.82, 2.24) is 4.57 Å². The second-order valence-corrected chi connectivity index (χ2v) is 8.72. The fourth-order valence-electron chi connectivity index (χ4n) is 4.02. The van der Waals surface area contributed by atoms with E-state index in [1.165, 1.54) is 27.6 Å². The number of ether oxygens (including phenoxy) is 1. The van der Waals surface area contributed by atoms with Crippen LogP contribution in [0, 0.1) is 0 Å². The zero-order valence-corrected chi connectivity index (χ0v) is 18.9. The quantitative estimate of drug-likeness (QED) is 0.507. The summed E-state index contributed by atoms with van der Waals surface area (Å²) in [5.41, 5.74) is 8.12. The summed E-state index contributed by atoms with van der Waals surface area (Å²) in [6, 6.07) is 13.2. The molecular formula is C26H34N2O. The summed E-state index contributed by atoms with van der Waals surface area (Å²) in [6.07, 6.45) is 1.93. The molecule has 0 fully saturated rings. The molecule has 3 rings (SSSR count). The Hall–Kier alpha value is -2.68. The Labute approximate surface area is 175 Å². The number of hydrogen-bond donors (Lipinski definition) is 1. The van der Waals surface area contributed by atoms with Gasteiger partial charge in [-0.2, -0.15) is 0 Å². The van der Waals surface area contributed by atoms with Crippen molar-refractivity contribution in [1.29, 1.82) is 0 Å². The largest absolute Gasteiger partial charge is 0.494 e. The first-order valence-electron chi connectivity index (χ1n) is 10.5. The van der Waals surface area contributed by atoms with Gasteiger partial charge in [0.05, 0.1) is 29.7 Å². The number of anilines is 1. The lowest BCUT2D eigenvalue weighted by molar-refractivity contribution is 0.411. The van der Waals surface area contributed by atoms with Crippen LogP contribution in [0.15, 0.2) is 43.0 Å². The number of nitrogens with zero attached hydrogens (tertiary/aromatic N) is 1. The number of fused-ring (bicyclic) bond motifs is 1. The Morgan fingerprint density at radius 1 is 1.07 bits per heavy atom. The van der Waals surface area contributed by atoms with Crippen LogP contribution in [-0.4, -0.2) is 11.7 Å². The van der Waals surface area contributed by atoms with Crippen molar-refractivity contribution in [3.8, 4) is 5.75 Å². The molecule has 2 aromatic carbocycles. The highest BCUT2D eigenvalue weighted by Gasteiger charge is 2.20. The van der Waals surface area contributed by atoms with Gasteiger partial charge in [-0.1, -0.05) is 65.5 Å². The van der Waals surface area contributed by atoms with Crippen molar-refractivity contribution in [3.63, 3.8) is 0 Å². The molecule has 1 heterocycles. The van der Waals surface area contributed by atoms with Crippen molar-refractivity contribution in [2.24, 2.45) is 7.05 Å². The van der Waals surface area contributed by atoms with Crippen LogP contribution < -0.4 is 10.1 Å². The van der Waals surface area contributed by atoms with Gasteiger partial charge >= 0.3 is 0 Å². The van der Waals surface area contributed by atoms with E-state index in [1.807, 2.05) is 0 Å². The van der Waals surface area contributed by atoms with Gasteiger partial charge in [-0.3, -0.25) is 0 Å². The van der Waals surface area contributed by atoms with Gasteiger partial charge in [-0.05, 0) is 47.1 Å². The van der Waals surface area contributed by atoms with E-state index in [0.29, 0.717) is 0 Å². The summed E-state index contributed by atoms with van der Waals surface area (Å²) < 4.78 is 8.03. The molecule has 0 atom stereocenters. The van der Waals surface area contributed by atoms with Crippen LogP contribution >= 0.6 is 0 Å². The standard InChI is InChI=1S/C26H34N2O/c1-9-18-12-11-13-20-15-23(28(7)24(18)20)17(3)27-22-16-21(26(4,5)6)14-19(10-2)25(22)29-8/h11-16,27H,3,9-10H2,1-2,4-8H3.